The van der Waals surface area contributed by atoms with E-state index in [0.717, 1.165) is 0 Å². The fraction of sp³-hybridized carbons (Fsp3) is 0.312. The van der Waals surface area contributed by atoms with Crippen molar-refractivity contribution in [1.82, 2.24) is 10.3 Å². The molecule has 0 bridgehead atoms. The summed E-state index contributed by atoms with van der Waals surface area (Å²) in [5, 5.41) is 3.61. The maximum atomic E-state index is 4.16. The predicted molar refractivity (Wildman–Crippen MR) is 75.4 cm³/mol. The highest BCUT2D eigenvalue weighted by Gasteiger charge is 2.12. The van der Waals surface area contributed by atoms with Crippen LogP contribution in [0.4, 0.5) is 0 Å². The molecule has 1 aromatic heterocycles. The van der Waals surface area contributed by atoms with Gasteiger partial charge < -0.3 is 5.32 Å². The summed E-state index contributed by atoms with van der Waals surface area (Å²) >= 11 is 0. The van der Waals surface area contributed by atoms with Crippen LogP contribution in [0.5, 0.6) is 0 Å². The van der Waals surface area contributed by atoms with Gasteiger partial charge in [0.05, 0.1) is 0 Å². The number of hydrogen-bond donors (Lipinski definition) is 1. The van der Waals surface area contributed by atoms with Crippen molar-refractivity contribution in [3.63, 3.8) is 0 Å². The molecule has 2 heteroatoms. The van der Waals surface area contributed by atoms with Gasteiger partial charge in [0.1, 0.15) is 0 Å². The molecule has 2 atom stereocenters. The average molecular weight is 240 g/mol. The van der Waals surface area contributed by atoms with E-state index in [1.807, 2.05) is 12.3 Å². The molecule has 0 saturated carbocycles. The Bertz CT molecular complexity index is 493. The lowest BCUT2D eigenvalue weighted by Crippen LogP contribution is -2.23. The molecule has 1 N–H and O–H groups in total. The van der Waals surface area contributed by atoms with E-state index in [0.29, 0.717) is 12.1 Å². The molecule has 0 saturated heterocycles. The molecule has 0 radical (unpaired) electrons. The molecule has 0 fully saturated rings. The third-order valence-corrected chi connectivity index (χ3v) is 3.34. The van der Waals surface area contributed by atoms with E-state index in [9.17, 15) is 0 Å². The molecule has 1 heterocycles. The first-order valence-corrected chi connectivity index (χ1v) is 6.40. The summed E-state index contributed by atoms with van der Waals surface area (Å²) in [5.74, 6) is 0. The number of rotatable bonds is 4. The second-order valence-electron chi connectivity index (χ2n) is 4.75. The van der Waals surface area contributed by atoms with E-state index in [1.54, 1.807) is 6.20 Å². The molecule has 18 heavy (non-hydrogen) atoms. The average Bonchev–Trinajstić information content (AvgIpc) is 2.40. The van der Waals surface area contributed by atoms with Crippen molar-refractivity contribution in [2.45, 2.75) is 32.9 Å². The normalized spacial score (nSPS) is 14.2. The highest BCUT2D eigenvalue weighted by Crippen LogP contribution is 2.21. The second-order valence-corrected chi connectivity index (χ2v) is 4.75. The molecule has 1 aromatic carbocycles. The van der Waals surface area contributed by atoms with Crippen LogP contribution in [0.2, 0.25) is 0 Å². The summed E-state index contributed by atoms with van der Waals surface area (Å²) < 4.78 is 0. The number of hydrogen-bond acceptors (Lipinski definition) is 2. The van der Waals surface area contributed by atoms with Crippen LogP contribution in [-0.2, 0) is 0 Å². The molecule has 0 aliphatic heterocycles. The lowest BCUT2D eigenvalue weighted by Gasteiger charge is -2.21. The van der Waals surface area contributed by atoms with E-state index >= 15 is 0 Å². The fourth-order valence-corrected chi connectivity index (χ4v) is 2.27. The molecule has 0 aliphatic rings. The van der Waals surface area contributed by atoms with Gasteiger partial charge in [-0.15, -0.1) is 0 Å². The van der Waals surface area contributed by atoms with E-state index in [1.165, 1.54) is 16.7 Å². The van der Waals surface area contributed by atoms with Crippen LogP contribution in [0.3, 0.4) is 0 Å². The number of pyridine rings is 1. The lowest BCUT2D eigenvalue weighted by molar-refractivity contribution is 0.492. The molecule has 0 amide bonds. The summed E-state index contributed by atoms with van der Waals surface area (Å²) in [7, 11) is 0. The summed E-state index contributed by atoms with van der Waals surface area (Å²) in [6.07, 6.45) is 3.73. The first kappa shape index (κ1) is 12.8. The highest BCUT2D eigenvalue weighted by atomic mass is 14.9. The molecule has 2 aromatic rings. The first-order chi connectivity index (χ1) is 8.68. The Kier molecular flexibility index (Phi) is 4.11. The van der Waals surface area contributed by atoms with Gasteiger partial charge in [0.25, 0.3) is 0 Å². The van der Waals surface area contributed by atoms with Crippen LogP contribution >= 0.6 is 0 Å². The summed E-state index contributed by atoms with van der Waals surface area (Å²) in [6, 6.07) is 13.2. The number of benzene rings is 1. The van der Waals surface area contributed by atoms with Gasteiger partial charge in [-0.3, -0.25) is 4.98 Å². The highest BCUT2D eigenvalue weighted by molar-refractivity contribution is 5.28. The Morgan fingerprint density at radius 2 is 1.78 bits per heavy atom. The lowest BCUT2D eigenvalue weighted by atomic mass is 10.0. The van der Waals surface area contributed by atoms with Gasteiger partial charge in [-0.25, -0.2) is 0 Å². The Morgan fingerprint density at radius 1 is 1.00 bits per heavy atom. The van der Waals surface area contributed by atoms with E-state index in [4.69, 9.17) is 0 Å². The molecule has 1 unspecified atom stereocenters. The summed E-state index contributed by atoms with van der Waals surface area (Å²) in [4.78, 5) is 4.16. The smallest absolute Gasteiger partial charge is 0.0315 e. The minimum atomic E-state index is 0.299. The van der Waals surface area contributed by atoms with Crippen molar-refractivity contribution in [2.75, 3.05) is 0 Å². The largest absolute Gasteiger partial charge is 0.304 e. The van der Waals surface area contributed by atoms with E-state index in [2.05, 4.69) is 61.4 Å². The van der Waals surface area contributed by atoms with Crippen molar-refractivity contribution in [3.05, 3.63) is 65.5 Å². The minimum Gasteiger partial charge on any atom is -0.304 e. The number of aryl methyl sites for hydroxylation is 1. The minimum absolute atomic E-state index is 0.299. The van der Waals surface area contributed by atoms with Gasteiger partial charge in [0.15, 0.2) is 0 Å². The monoisotopic (exact) mass is 240 g/mol. The van der Waals surface area contributed by atoms with Gasteiger partial charge in [0.2, 0.25) is 0 Å². The molecule has 94 valence electrons. The van der Waals surface area contributed by atoms with Crippen molar-refractivity contribution < 1.29 is 0 Å². The molecule has 2 rings (SSSR count). The standard InChI is InChI=1S/C16H20N2/c1-12-7-4-5-9-16(12)14(3)18-13(2)15-8-6-10-17-11-15/h4-11,13-14,18H,1-3H3/t13-,14?/m0/s1. The zero-order valence-electron chi connectivity index (χ0n) is 11.2. The van der Waals surface area contributed by atoms with Gasteiger partial charge >= 0.3 is 0 Å². The third-order valence-electron chi connectivity index (χ3n) is 3.34. The van der Waals surface area contributed by atoms with Gasteiger partial charge in [-0.2, -0.15) is 0 Å². The molecule has 0 aliphatic carbocycles. The van der Waals surface area contributed by atoms with Crippen LogP contribution in [0.1, 0.15) is 42.6 Å². The maximum absolute atomic E-state index is 4.16. The zero-order chi connectivity index (χ0) is 13.0. The summed E-state index contributed by atoms with van der Waals surface area (Å²) in [5.41, 5.74) is 3.90. The van der Waals surface area contributed by atoms with Gasteiger partial charge in [0, 0.05) is 24.5 Å². The van der Waals surface area contributed by atoms with Crippen LogP contribution in [-0.4, -0.2) is 4.98 Å². The summed E-state index contributed by atoms with van der Waals surface area (Å²) in [6.45, 7) is 6.53. The van der Waals surface area contributed by atoms with E-state index < -0.39 is 0 Å². The Labute approximate surface area is 109 Å². The van der Waals surface area contributed by atoms with Crippen LogP contribution in [0.15, 0.2) is 48.8 Å². The molecular formula is C16H20N2. The van der Waals surface area contributed by atoms with Crippen LogP contribution < -0.4 is 5.32 Å². The Morgan fingerprint density at radius 3 is 2.44 bits per heavy atom. The van der Waals surface area contributed by atoms with Gasteiger partial charge in [-0.05, 0) is 43.5 Å². The Hall–Kier alpha value is -1.67. The van der Waals surface area contributed by atoms with Crippen LogP contribution in [0, 0.1) is 6.92 Å². The fourth-order valence-electron chi connectivity index (χ4n) is 2.27. The predicted octanol–water partition coefficient (Wildman–Crippen LogP) is 3.80. The maximum Gasteiger partial charge on any atom is 0.0315 e. The number of aromatic nitrogens is 1. The SMILES string of the molecule is Cc1ccccc1C(C)N[C@@H](C)c1cccnc1. The molecule has 0 spiro atoms. The molecule has 2 nitrogen and oxygen atoms in total. The van der Waals surface area contributed by atoms with Gasteiger partial charge in [-0.1, -0.05) is 30.3 Å². The van der Waals surface area contributed by atoms with Crippen molar-refractivity contribution in [2.24, 2.45) is 0 Å². The van der Waals surface area contributed by atoms with Crippen molar-refractivity contribution >= 4 is 0 Å². The van der Waals surface area contributed by atoms with Crippen LogP contribution in [0.25, 0.3) is 0 Å². The Balaban J connectivity index is 2.08. The first-order valence-electron chi connectivity index (χ1n) is 6.40. The van der Waals surface area contributed by atoms with E-state index in [-0.39, 0.29) is 0 Å². The van der Waals surface area contributed by atoms with Crippen molar-refractivity contribution in [1.29, 1.82) is 0 Å². The van der Waals surface area contributed by atoms with Crippen molar-refractivity contribution in [3.8, 4) is 0 Å². The number of nitrogens with zero attached hydrogens (tertiary/aromatic N) is 1. The second kappa shape index (κ2) is 5.78. The topological polar surface area (TPSA) is 24.9 Å². The molecular weight excluding hydrogens is 220 g/mol. The third kappa shape index (κ3) is 2.96. The quantitative estimate of drug-likeness (QED) is 0.879. The number of nitrogens with one attached hydrogen (secondary N) is 1. The zero-order valence-corrected chi connectivity index (χ0v) is 11.2.